The maximum absolute atomic E-state index is 4.95. The maximum Gasteiger partial charge on any atom is 0.0589 e. The van der Waals surface area contributed by atoms with Gasteiger partial charge in [0, 0.05) is 19.7 Å². The van der Waals surface area contributed by atoms with E-state index in [1.54, 1.807) is 7.11 Å². The molecule has 0 saturated heterocycles. The SMILES string of the molecule is COCCN(C)C1CC1. The fraction of sp³-hybridized carbons (Fsp3) is 1.00. The highest BCUT2D eigenvalue weighted by Gasteiger charge is 2.25. The second-order valence-electron chi connectivity index (χ2n) is 2.70. The first-order valence-electron chi connectivity index (χ1n) is 3.54. The molecule has 2 heteroatoms. The fourth-order valence-electron chi connectivity index (χ4n) is 0.933. The summed E-state index contributed by atoms with van der Waals surface area (Å²) < 4.78 is 4.95. The molecule has 1 fully saturated rings. The lowest BCUT2D eigenvalue weighted by Crippen LogP contribution is -2.24. The van der Waals surface area contributed by atoms with Crippen molar-refractivity contribution in [2.75, 3.05) is 27.3 Å². The summed E-state index contributed by atoms with van der Waals surface area (Å²) >= 11 is 0. The Labute approximate surface area is 56.8 Å². The van der Waals surface area contributed by atoms with Crippen molar-refractivity contribution in [2.24, 2.45) is 0 Å². The van der Waals surface area contributed by atoms with Gasteiger partial charge >= 0.3 is 0 Å². The molecule has 0 bridgehead atoms. The Morgan fingerprint density at radius 1 is 1.56 bits per heavy atom. The minimum atomic E-state index is 0.868. The summed E-state index contributed by atoms with van der Waals surface area (Å²) in [5.74, 6) is 0. The van der Waals surface area contributed by atoms with Gasteiger partial charge in [0.1, 0.15) is 0 Å². The van der Waals surface area contributed by atoms with E-state index in [4.69, 9.17) is 4.74 Å². The summed E-state index contributed by atoms with van der Waals surface area (Å²) in [7, 11) is 3.91. The van der Waals surface area contributed by atoms with Crippen LogP contribution in [-0.2, 0) is 4.74 Å². The molecular weight excluding hydrogens is 114 g/mol. The van der Waals surface area contributed by atoms with Crippen molar-refractivity contribution >= 4 is 0 Å². The Hall–Kier alpha value is -0.0800. The summed E-state index contributed by atoms with van der Waals surface area (Å²) in [4.78, 5) is 2.36. The third-order valence-electron chi connectivity index (χ3n) is 1.82. The van der Waals surface area contributed by atoms with E-state index in [0.29, 0.717) is 0 Å². The molecule has 0 amide bonds. The zero-order valence-corrected chi connectivity index (χ0v) is 6.26. The van der Waals surface area contributed by atoms with E-state index in [0.717, 1.165) is 19.2 Å². The molecule has 1 aliphatic rings. The summed E-state index contributed by atoms with van der Waals surface area (Å²) in [6.45, 7) is 1.95. The molecule has 54 valence electrons. The summed E-state index contributed by atoms with van der Waals surface area (Å²) in [5, 5.41) is 0. The largest absolute Gasteiger partial charge is 0.383 e. The predicted molar refractivity (Wildman–Crippen MR) is 37.5 cm³/mol. The summed E-state index contributed by atoms with van der Waals surface area (Å²) in [6, 6.07) is 0.875. The lowest BCUT2D eigenvalue weighted by atomic mass is 10.5. The average molecular weight is 129 g/mol. The molecule has 0 aliphatic heterocycles. The van der Waals surface area contributed by atoms with Gasteiger partial charge in [-0.25, -0.2) is 0 Å². The first-order chi connectivity index (χ1) is 4.34. The van der Waals surface area contributed by atoms with Crippen LogP contribution in [0.1, 0.15) is 12.8 Å². The van der Waals surface area contributed by atoms with Crippen molar-refractivity contribution < 1.29 is 4.74 Å². The van der Waals surface area contributed by atoms with Crippen molar-refractivity contribution in [1.29, 1.82) is 0 Å². The molecule has 1 saturated carbocycles. The molecule has 0 N–H and O–H groups in total. The molecule has 2 nitrogen and oxygen atoms in total. The van der Waals surface area contributed by atoms with Crippen LogP contribution in [0.4, 0.5) is 0 Å². The third kappa shape index (κ3) is 2.33. The monoisotopic (exact) mass is 129 g/mol. The normalized spacial score (nSPS) is 19.0. The average Bonchev–Trinajstić information content (AvgIpc) is 2.63. The molecule has 0 heterocycles. The quantitative estimate of drug-likeness (QED) is 0.554. The number of nitrogens with zero attached hydrogens (tertiary/aromatic N) is 1. The van der Waals surface area contributed by atoms with Gasteiger partial charge in [0.05, 0.1) is 6.61 Å². The van der Waals surface area contributed by atoms with Gasteiger partial charge in [-0.05, 0) is 19.9 Å². The minimum absolute atomic E-state index is 0.868. The van der Waals surface area contributed by atoms with Crippen molar-refractivity contribution in [3.05, 3.63) is 0 Å². The van der Waals surface area contributed by atoms with Gasteiger partial charge in [-0.15, -0.1) is 0 Å². The van der Waals surface area contributed by atoms with E-state index in [1.807, 2.05) is 0 Å². The van der Waals surface area contributed by atoms with Gasteiger partial charge in [-0.2, -0.15) is 0 Å². The number of ether oxygens (including phenoxy) is 1. The van der Waals surface area contributed by atoms with Crippen LogP contribution in [0.3, 0.4) is 0 Å². The standard InChI is InChI=1S/C7H15NO/c1-8(5-6-9-2)7-3-4-7/h7H,3-6H2,1-2H3. The molecule has 0 radical (unpaired) electrons. The lowest BCUT2D eigenvalue weighted by Gasteiger charge is -2.13. The first kappa shape index (κ1) is 7.03. The molecular formula is C7H15NO. The highest BCUT2D eigenvalue weighted by Crippen LogP contribution is 2.24. The Morgan fingerprint density at radius 3 is 2.67 bits per heavy atom. The third-order valence-corrected chi connectivity index (χ3v) is 1.82. The van der Waals surface area contributed by atoms with Crippen LogP contribution in [0.2, 0.25) is 0 Å². The van der Waals surface area contributed by atoms with E-state index in [2.05, 4.69) is 11.9 Å². The molecule has 1 rings (SSSR count). The van der Waals surface area contributed by atoms with Gasteiger partial charge in [0.25, 0.3) is 0 Å². The topological polar surface area (TPSA) is 12.5 Å². The zero-order chi connectivity index (χ0) is 6.69. The smallest absolute Gasteiger partial charge is 0.0589 e. The van der Waals surface area contributed by atoms with Crippen LogP contribution in [-0.4, -0.2) is 38.3 Å². The van der Waals surface area contributed by atoms with Crippen LogP contribution in [0.5, 0.6) is 0 Å². The predicted octanol–water partition coefficient (Wildman–Crippen LogP) is 0.727. The first-order valence-corrected chi connectivity index (χ1v) is 3.54. The molecule has 0 spiro atoms. The van der Waals surface area contributed by atoms with Crippen LogP contribution in [0.15, 0.2) is 0 Å². The van der Waals surface area contributed by atoms with E-state index >= 15 is 0 Å². The molecule has 0 aromatic heterocycles. The Kier molecular flexibility index (Phi) is 2.49. The number of methoxy groups -OCH3 is 1. The van der Waals surface area contributed by atoms with Crippen LogP contribution >= 0.6 is 0 Å². The van der Waals surface area contributed by atoms with Crippen molar-refractivity contribution in [3.63, 3.8) is 0 Å². The maximum atomic E-state index is 4.95. The molecule has 0 aromatic rings. The Bertz CT molecular complexity index is 81.0. The zero-order valence-electron chi connectivity index (χ0n) is 6.26. The Balaban J connectivity index is 1.96. The molecule has 1 aliphatic carbocycles. The van der Waals surface area contributed by atoms with Gasteiger partial charge in [-0.1, -0.05) is 0 Å². The second-order valence-corrected chi connectivity index (χ2v) is 2.70. The number of hydrogen-bond donors (Lipinski definition) is 0. The number of hydrogen-bond acceptors (Lipinski definition) is 2. The number of likely N-dealkylation sites (N-methyl/N-ethyl adjacent to an activating group) is 1. The molecule has 0 atom stereocenters. The van der Waals surface area contributed by atoms with E-state index < -0.39 is 0 Å². The fourth-order valence-corrected chi connectivity index (χ4v) is 0.933. The molecule has 9 heavy (non-hydrogen) atoms. The van der Waals surface area contributed by atoms with Crippen molar-refractivity contribution in [3.8, 4) is 0 Å². The van der Waals surface area contributed by atoms with Crippen molar-refractivity contribution in [2.45, 2.75) is 18.9 Å². The summed E-state index contributed by atoms with van der Waals surface area (Å²) in [6.07, 6.45) is 2.78. The highest BCUT2D eigenvalue weighted by atomic mass is 16.5. The molecule has 0 unspecified atom stereocenters. The van der Waals surface area contributed by atoms with Crippen LogP contribution in [0, 0.1) is 0 Å². The Morgan fingerprint density at radius 2 is 2.22 bits per heavy atom. The van der Waals surface area contributed by atoms with Gasteiger partial charge < -0.3 is 9.64 Å². The van der Waals surface area contributed by atoms with E-state index in [1.165, 1.54) is 12.8 Å². The van der Waals surface area contributed by atoms with E-state index in [9.17, 15) is 0 Å². The van der Waals surface area contributed by atoms with E-state index in [-0.39, 0.29) is 0 Å². The highest BCUT2D eigenvalue weighted by molar-refractivity contribution is 4.81. The van der Waals surface area contributed by atoms with Gasteiger partial charge in [-0.3, -0.25) is 0 Å². The minimum Gasteiger partial charge on any atom is -0.383 e. The number of rotatable bonds is 4. The van der Waals surface area contributed by atoms with Crippen LogP contribution in [0.25, 0.3) is 0 Å². The summed E-state index contributed by atoms with van der Waals surface area (Å²) in [5.41, 5.74) is 0. The van der Waals surface area contributed by atoms with Gasteiger partial charge in [0.15, 0.2) is 0 Å². The molecule has 0 aromatic carbocycles. The second kappa shape index (κ2) is 3.18. The van der Waals surface area contributed by atoms with Crippen molar-refractivity contribution in [1.82, 2.24) is 4.90 Å². The van der Waals surface area contributed by atoms with Crippen LogP contribution < -0.4 is 0 Å². The lowest BCUT2D eigenvalue weighted by molar-refractivity contribution is 0.158. The van der Waals surface area contributed by atoms with Gasteiger partial charge in [0.2, 0.25) is 0 Å².